The highest BCUT2D eigenvalue weighted by atomic mass is 32.2. The summed E-state index contributed by atoms with van der Waals surface area (Å²) in [6.07, 6.45) is -3.56. The molecule has 3 heterocycles. The lowest BCUT2D eigenvalue weighted by Gasteiger charge is -2.35. The summed E-state index contributed by atoms with van der Waals surface area (Å²) in [7, 11) is 0. The van der Waals surface area contributed by atoms with Gasteiger partial charge in [-0.25, -0.2) is 4.98 Å². The zero-order valence-corrected chi connectivity index (χ0v) is 18.8. The van der Waals surface area contributed by atoms with Gasteiger partial charge in [-0.2, -0.15) is 13.2 Å². The topological polar surface area (TPSA) is 67.2 Å². The summed E-state index contributed by atoms with van der Waals surface area (Å²) in [4.78, 5) is 20.3. The molecule has 2 aromatic heterocycles. The number of aryl methyl sites for hydroxylation is 1. The number of thioether (sulfide) groups is 1. The molecule has 0 aliphatic carbocycles. The molecule has 33 heavy (non-hydrogen) atoms. The summed E-state index contributed by atoms with van der Waals surface area (Å²) >= 11 is 1.36. The number of carbonyl (C=O) groups excluding carboxylic acids is 1. The Hall–Kier alpha value is -3.08. The average Bonchev–Trinajstić information content (AvgIpc) is 3.17. The first-order chi connectivity index (χ1) is 15.8. The first-order valence-electron chi connectivity index (χ1n) is 10.4. The van der Waals surface area contributed by atoms with Gasteiger partial charge in [-0.15, -0.1) is 10.2 Å². The van der Waals surface area contributed by atoms with E-state index in [1.165, 1.54) is 17.8 Å². The number of carbonyl (C=O) groups is 1. The van der Waals surface area contributed by atoms with Crippen LogP contribution in [0.1, 0.15) is 17.0 Å². The molecular weight excluding hydrogens is 453 g/mol. The van der Waals surface area contributed by atoms with E-state index >= 15 is 0 Å². The first-order valence-corrected chi connectivity index (χ1v) is 11.4. The number of hydrogen-bond acceptors (Lipinski definition) is 6. The van der Waals surface area contributed by atoms with E-state index < -0.39 is 11.7 Å². The maximum absolute atomic E-state index is 12.7. The third-order valence-corrected chi connectivity index (χ3v) is 6.39. The molecule has 1 aliphatic heterocycles. The first kappa shape index (κ1) is 23.1. The summed E-state index contributed by atoms with van der Waals surface area (Å²) in [5.74, 6) is 1.50. The number of nitrogens with zero attached hydrogens (tertiary/aromatic N) is 6. The lowest BCUT2D eigenvalue weighted by molar-refractivity contribution is -0.137. The Kier molecular flexibility index (Phi) is 6.87. The molecule has 3 aromatic rings. The van der Waals surface area contributed by atoms with Gasteiger partial charge in [0.15, 0.2) is 5.16 Å². The molecule has 4 rings (SSSR count). The Morgan fingerprint density at radius 2 is 1.76 bits per heavy atom. The predicted molar refractivity (Wildman–Crippen MR) is 119 cm³/mol. The van der Waals surface area contributed by atoms with E-state index in [-0.39, 0.29) is 11.7 Å². The molecular formula is C22H23F3N6OS. The highest BCUT2D eigenvalue weighted by molar-refractivity contribution is 7.99. The van der Waals surface area contributed by atoms with Gasteiger partial charge in [-0.3, -0.25) is 4.79 Å². The van der Waals surface area contributed by atoms with Crippen molar-refractivity contribution in [3.8, 4) is 0 Å². The van der Waals surface area contributed by atoms with Crippen LogP contribution in [0.4, 0.5) is 19.0 Å². The fourth-order valence-corrected chi connectivity index (χ4v) is 4.45. The van der Waals surface area contributed by atoms with Crippen LogP contribution in [-0.2, 0) is 17.5 Å². The number of rotatable bonds is 6. The summed E-state index contributed by atoms with van der Waals surface area (Å²) in [6.45, 7) is 4.51. The number of alkyl halides is 3. The highest BCUT2D eigenvalue weighted by Crippen LogP contribution is 2.29. The van der Waals surface area contributed by atoms with Gasteiger partial charge in [0.05, 0.1) is 17.9 Å². The van der Waals surface area contributed by atoms with Crippen LogP contribution in [-0.4, -0.2) is 62.5 Å². The zero-order chi connectivity index (χ0) is 23.4. The Morgan fingerprint density at radius 3 is 2.39 bits per heavy atom. The van der Waals surface area contributed by atoms with Crippen molar-refractivity contribution < 1.29 is 18.0 Å². The number of benzene rings is 1. The SMILES string of the molecule is Cc1nnc(SCC(=O)N2CCN(c3ccc(C(F)(F)F)cn3)CC2)n1Cc1ccccc1. The molecule has 0 saturated carbocycles. The van der Waals surface area contributed by atoms with Crippen molar-refractivity contribution in [2.45, 2.75) is 24.8 Å². The minimum atomic E-state index is -4.40. The molecule has 174 valence electrons. The Labute approximate surface area is 193 Å². The maximum Gasteiger partial charge on any atom is 0.417 e. The molecule has 0 spiro atoms. The zero-order valence-electron chi connectivity index (χ0n) is 18.0. The fourth-order valence-electron chi connectivity index (χ4n) is 3.56. The van der Waals surface area contributed by atoms with E-state index in [0.29, 0.717) is 43.7 Å². The maximum atomic E-state index is 12.7. The van der Waals surface area contributed by atoms with E-state index in [4.69, 9.17) is 0 Å². The molecule has 0 atom stereocenters. The standard InChI is InChI=1S/C22H23F3N6OS/c1-16-27-28-21(31(16)14-17-5-3-2-4-6-17)33-15-20(32)30-11-9-29(10-12-30)19-8-7-18(13-26-19)22(23,24)25/h2-8,13H,9-12,14-15H2,1H3. The van der Waals surface area contributed by atoms with Crippen LogP contribution in [0, 0.1) is 6.92 Å². The second-order valence-corrected chi connectivity index (χ2v) is 8.60. The quantitative estimate of drug-likeness (QED) is 0.508. The number of halogens is 3. The molecule has 0 unspecified atom stereocenters. The summed E-state index contributed by atoms with van der Waals surface area (Å²) in [6, 6.07) is 12.4. The fraction of sp³-hybridized carbons (Fsp3) is 0.364. The predicted octanol–water partition coefficient (Wildman–Crippen LogP) is 3.49. The number of pyridine rings is 1. The molecule has 0 radical (unpaired) electrons. The molecule has 0 N–H and O–H groups in total. The van der Waals surface area contributed by atoms with E-state index in [2.05, 4.69) is 15.2 Å². The van der Waals surface area contributed by atoms with E-state index in [0.717, 1.165) is 23.7 Å². The molecule has 1 saturated heterocycles. The molecule has 1 aliphatic rings. The van der Waals surface area contributed by atoms with Crippen molar-refractivity contribution in [2.24, 2.45) is 0 Å². The van der Waals surface area contributed by atoms with Crippen LogP contribution in [0.3, 0.4) is 0 Å². The van der Waals surface area contributed by atoms with Crippen LogP contribution in [0.15, 0.2) is 53.8 Å². The van der Waals surface area contributed by atoms with Gasteiger partial charge in [0.25, 0.3) is 0 Å². The van der Waals surface area contributed by atoms with Crippen LogP contribution < -0.4 is 4.90 Å². The van der Waals surface area contributed by atoms with Gasteiger partial charge in [0.2, 0.25) is 5.91 Å². The Morgan fingerprint density at radius 1 is 1.03 bits per heavy atom. The van der Waals surface area contributed by atoms with Crippen molar-refractivity contribution in [1.82, 2.24) is 24.6 Å². The largest absolute Gasteiger partial charge is 0.417 e. The van der Waals surface area contributed by atoms with Crippen LogP contribution in [0.2, 0.25) is 0 Å². The monoisotopic (exact) mass is 476 g/mol. The minimum Gasteiger partial charge on any atom is -0.353 e. The molecule has 11 heteroatoms. The van der Waals surface area contributed by atoms with Gasteiger partial charge < -0.3 is 14.4 Å². The lowest BCUT2D eigenvalue weighted by Crippen LogP contribution is -2.49. The van der Waals surface area contributed by atoms with Crippen molar-refractivity contribution in [3.05, 3.63) is 65.6 Å². The normalized spacial score (nSPS) is 14.5. The van der Waals surface area contributed by atoms with Gasteiger partial charge in [-0.1, -0.05) is 42.1 Å². The summed E-state index contributed by atoms with van der Waals surface area (Å²) < 4.78 is 40.2. The molecule has 7 nitrogen and oxygen atoms in total. The Balaban J connectivity index is 1.30. The van der Waals surface area contributed by atoms with E-state index in [1.807, 2.05) is 46.7 Å². The average molecular weight is 477 g/mol. The van der Waals surface area contributed by atoms with Gasteiger partial charge >= 0.3 is 6.18 Å². The van der Waals surface area contributed by atoms with Crippen LogP contribution >= 0.6 is 11.8 Å². The van der Waals surface area contributed by atoms with Crippen molar-refractivity contribution >= 4 is 23.5 Å². The lowest BCUT2D eigenvalue weighted by atomic mass is 10.2. The molecule has 0 bridgehead atoms. The van der Waals surface area contributed by atoms with Gasteiger partial charge in [-0.05, 0) is 24.6 Å². The van der Waals surface area contributed by atoms with Crippen molar-refractivity contribution in [3.63, 3.8) is 0 Å². The van der Waals surface area contributed by atoms with Gasteiger partial charge in [0.1, 0.15) is 11.6 Å². The van der Waals surface area contributed by atoms with Crippen molar-refractivity contribution in [1.29, 1.82) is 0 Å². The van der Waals surface area contributed by atoms with Crippen molar-refractivity contribution in [2.75, 3.05) is 36.8 Å². The number of aromatic nitrogens is 4. The second-order valence-electron chi connectivity index (χ2n) is 7.66. The highest BCUT2D eigenvalue weighted by Gasteiger charge is 2.31. The molecule has 1 amide bonds. The summed E-state index contributed by atoms with van der Waals surface area (Å²) in [5, 5.41) is 9.06. The van der Waals surface area contributed by atoms with Gasteiger partial charge in [0, 0.05) is 32.4 Å². The van der Waals surface area contributed by atoms with E-state index in [9.17, 15) is 18.0 Å². The third-order valence-electron chi connectivity index (χ3n) is 5.44. The number of anilines is 1. The van der Waals surface area contributed by atoms with Crippen LogP contribution in [0.5, 0.6) is 0 Å². The summed E-state index contributed by atoms with van der Waals surface area (Å²) in [5.41, 5.74) is 0.356. The number of amides is 1. The second kappa shape index (κ2) is 9.82. The minimum absolute atomic E-state index is 0.00746. The Bertz CT molecular complexity index is 1080. The number of hydrogen-bond donors (Lipinski definition) is 0. The van der Waals surface area contributed by atoms with Crippen LogP contribution in [0.25, 0.3) is 0 Å². The number of piperazine rings is 1. The molecule has 1 fully saturated rings. The molecule has 1 aromatic carbocycles. The van der Waals surface area contributed by atoms with E-state index in [1.54, 1.807) is 4.90 Å². The third kappa shape index (κ3) is 5.65. The smallest absolute Gasteiger partial charge is 0.353 e.